The van der Waals surface area contributed by atoms with Crippen LogP contribution in [0.25, 0.3) is 0 Å². The van der Waals surface area contributed by atoms with Gasteiger partial charge in [0.1, 0.15) is 5.75 Å². The van der Waals surface area contributed by atoms with Crippen LogP contribution in [-0.2, 0) is 4.79 Å². The van der Waals surface area contributed by atoms with Crippen molar-refractivity contribution in [3.05, 3.63) is 30.3 Å². The highest BCUT2D eigenvalue weighted by atomic mass is 16.5. The molecule has 0 bridgehead atoms. The van der Waals surface area contributed by atoms with Crippen molar-refractivity contribution in [2.24, 2.45) is 0 Å². The topological polar surface area (TPSA) is 46.5 Å². The van der Waals surface area contributed by atoms with Gasteiger partial charge in [0.25, 0.3) is 0 Å². The molecule has 0 spiro atoms. The van der Waals surface area contributed by atoms with Crippen LogP contribution in [0.5, 0.6) is 5.75 Å². The zero-order valence-electron chi connectivity index (χ0n) is 8.85. The van der Waals surface area contributed by atoms with Crippen LogP contribution in [0, 0.1) is 0 Å². The molecule has 82 valence electrons. The second-order valence-corrected chi connectivity index (χ2v) is 3.43. The summed E-state index contributed by atoms with van der Waals surface area (Å²) in [6.07, 6.45) is 0.957. The molecule has 0 heterocycles. The Bertz CT molecular complexity index is 295. The van der Waals surface area contributed by atoms with Gasteiger partial charge in [0.2, 0.25) is 0 Å². The predicted molar refractivity (Wildman–Crippen MR) is 57.6 cm³/mol. The van der Waals surface area contributed by atoms with E-state index in [2.05, 4.69) is 0 Å². The number of para-hydroxylation sites is 1. The molecule has 1 aromatic rings. The lowest BCUT2D eigenvalue weighted by atomic mass is 10.1. The first-order valence-corrected chi connectivity index (χ1v) is 5.16. The van der Waals surface area contributed by atoms with Crippen molar-refractivity contribution in [2.45, 2.75) is 32.3 Å². The standard InChI is InChI=1S/C12H16O3/c1-2-6-10(13)9-12(14)15-11-7-4-3-5-8-11/h3-5,7-8,10,13H,2,6,9H2,1H3/t10-/m0/s1. The second kappa shape index (κ2) is 6.19. The molecule has 0 aromatic heterocycles. The third-order valence-corrected chi connectivity index (χ3v) is 2.00. The molecule has 1 atom stereocenters. The van der Waals surface area contributed by atoms with Crippen LogP contribution in [-0.4, -0.2) is 17.2 Å². The second-order valence-electron chi connectivity index (χ2n) is 3.43. The molecule has 0 radical (unpaired) electrons. The molecule has 1 N–H and O–H groups in total. The minimum atomic E-state index is -0.591. The number of ether oxygens (including phenoxy) is 1. The molecule has 0 aliphatic carbocycles. The zero-order chi connectivity index (χ0) is 11.1. The average Bonchev–Trinajstić information content (AvgIpc) is 2.19. The SMILES string of the molecule is CCC[C@H](O)CC(=O)Oc1ccccc1. The van der Waals surface area contributed by atoms with Crippen LogP contribution in [0.3, 0.4) is 0 Å². The molecule has 0 amide bonds. The molecule has 1 rings (SSSR count). The fourth-order valence-electron chi connectivity index (χ4n) is 1.29. The van der Waals surface area contributed by atoms with Crippen molar-refractivity contribution in [2.75, 3.05) is 0 Å². The van der Waals surface area contributed by atoms with E-state index >= 15 is 0 Å². The van der Waals surface area contributed by atoms with E-state index in [0.29, 0.717) is 12.2 Å². The zero-order valence-corrected chi connectivity index (χ0v) is 8.85. The van der Waals surface area contributed by atoms with Crippen molar-refractivity contribution in [3.63, 3.8) is 0 Å². The van der Waals surface area contributed by atoms with Crippen molar-refractivity contribution >= 4 is 5.97 Å². The lowest BCUT2D eigenvalue weighted by Gasteiger charge is -2.08. The molecule has 1 aromatic carbocycles. The van der Waals surface area contributed by atoms with Gasteiger partial charge >= 0.3 is 5.97 Å². The van der Waals surface area contributed by atoms with Gasteiger partial charge < -0.3 is 9.84 Å². The normalized spacial score (nSPS) is 12.1. The number of aliphatic hydroxyl groups is 1. The van der Waals surface area contributed by atoms with Gasteiger partial charge in [0, 0.05) is 0 Å². The van der Waals surface area contributed by atoms with Crippen LogP contribution in [0.4, 0.5) is 0 Å². The van der Waals surface area contributed by atoms with Crippen LogP contribution in [0.1, 0.15) is 26.2 Å². The summed E-state index contributed by atoms with van der Waals surface area (Å²) in [6, 6.07) is 8.87. The molecule has 3 nitrogen and oxygen atoms in total. The number of esters is 1. The largest absolute Gasteiger partial charge is 0.426 e. The summed E-state index contributed by atoms with van der Waals surface area (Å²) in [4.78, 5) is 11.3. The number of carbonyl (C=O) groups excluding carboxylic acids is 1. The third kappa shape index (κ3) is 4.61. The Morgan fingerprint density at radius 2 is 2.07 bits per heavy atom. The van der Waals surface area contributed by atoms with E-state index in [-0.39, 0.29) is 12.4 Å². The minimum Gasteiger partial charge on any atom is -0.426 e. The average molecular weight is 208 g/mol. The van der Waals surface area contributed by atoms with Crippen molar-refractivity contribution < 1.29 is 14.6 Å². The molecule has 0 fully saturated rings. The Morgan fingerprint density at radius 1 is 1.40 bits per heavy atom. The summed E-state index contributed by atoms with van der Waals surface area (Å²) in [6.45, 7) is 1.96. The highest BCUT2D eigenvalue weighted by molar-refractivity contribution is 5.72. The third-order valence-electron chi connectivity index (χ3n) is 2.00. The van der Waals surface area contributed by atoms with Gasteiger partial charge in [0.15, 0.2) is 0 Å². The van der Waals surface area contributed by atoms with Crippen LogP contribution >= 0.6 is 0 Å². The monoisotopic (exact) mass is 208 g/mol. The van der Waals surface area contributed by atoms with Gasteiger partial charge in [-0.1, -0.05) is 31.5 Å². The van der Waals surface area contributed by atoms with Crippen LogP contribution in [0.2, 0.25) is 0 Å². The lowest BCUT2D eigenvalue weighted by molar-refractivity contribution is -0.136. The van der Waals surface area contributed by atoms with Crippen LogP contribution < -0.4 is 4.74 Å². The number of carbonyl (C=O) groups is 1. The summed E-state index contributed by atoms with van der Waals surface area (Å²) >= 11 is 0. The summed E-state index contributed by atoms with van der Waals surface area (Å²) in [7, 11) is 0. The molecule has 0 aliphatic rings. The molecular weight excluding hydrogens is 192 g/mol. The fourth-order valence-corrected chi connectivity index (χ4v) is 1.29. The van der Waals surface area contributed by atoms with E-state index in [9.17, 15) is 9.90 Å². The molecule has 0 aliphatic heterocycles. The first-order valence-electron chi connectivity index (χ1n) is 5.16. The Labute approximate surface area is 89.7 Å². The number of hydrogen-bond acceptors (Lipinski definition) is 3. The molecule has 15 heavy (non-hydrogen) atoms. The summed E-state index contributed by atoms with van der Waals surface area (Å²) < 4.78 is 5.03. The minimum absolute atomic E-state index is 0.0583. The number of benzene rings is 1. The van der Waals surface area contributed by atoms with Crippen molar-refractivity contribution in [1.29, 1.82) is 0 Å². The Morgan fingerprint density at radius 3 is 2.67 bits per heavy atom. The van der Waals surface area contributed by atoms with Crippen molar-refractivity contribution in [1.82, 2.24) is 0 Å². The van der Waals surface area contributed by atoms with Gasteiger partial charge in [-0.3, -0.25) is 4.79 Å². The van der Waals surface area contributed by atoms with E-state index in [1.807, 2.05) is 13.0 Å². The Kier molecular flexibility index (Phi) is 4.84. The van der Waals surface area contributed by atoms with E-state index < -0.39 is 6.10 Å². The Hall–Kier alpha value is -1.35. The number of hydrogen-bond donors (Lipinski definition) is 1. The van der Waals surface area contributed by atoms with E-state index in [4.69, 9.17) is 4.74 Å². The van der Waals surface area contributed by atoms with Gasteiger partial charge in [0.05, 0.1) is 12.5 Å². The molecular formula is C12H16O3. The predicted octanol–water partition coefficient (Wildman–Crippen LogP) is 2.14. The first-order chi connectivity index (χ1) is 7.22. The van der Waals surface area contributed by atoms with Crippen molar-refractivity contribution in [3.8, 4) is 5.75 Å². The van der Waals surface area contributed by atoms with Gasteiger partial charge in [-0.05, 0) is 18.6 Å². The summed E-state index contributed by atoms with van der Waals surface area (Å²) in [5.74, 6) is 0.133. The Balaban J connectivity index is 2.36. The highest BCUT2D eigenvalue weighted by Gasteiger charge is 2.11. The molecule has 0 saturated carbocycles. The van der Waals surface area contributed by atoms with Gasteiger partial charge in [-0.2, -0.15) is 0 Å². The molecule has 3 heteroatoms. The van der Waals surface area contributed by atoms with Crippen LogP contribution in [0.15, 0.2) is 30.3 Å². The van der Waals surface area contributed by atoms with E-state index in [0.717, 1.165) is 6.42 Å². The molecule has 0 saturated heterocycles. The number of aliphatic hydroxyl groups excluding tert-OH is 1. The number of rotatable bonds is 5. The van der Waals surface area contributed by atoms with E-state index in [1.165, 1.54) is 0 Å². The van der Waals surface area contributed by atoms with E-state index in [1.54, 1.807) is 24.3 Å². The van der Waals surface area contributed by atoms with Gasteiger partial charge in [-0.15, -0.1) is 0 Å². The highest BCUT2D eigenvalue weighted by Crippen LogP contribution is 2.10. The quantitative estimate of drug-likeness (QED) is 0.595. The summed E-state index contributed by atoms with van der Waals surface area (Å²) in [5.41, 5.74) is 0. The maximum Gasteiger partial charge on any atom is 0.313 e. The lowest BCUT2D eigenvalue weighted by Crippen LogP contribution is -2.17. The first kappa shape index (κ1) is 11.7. The maximum atomic E-state index is 11.3. The summed E-state index contributed by atoms with van der Waals surface area (Å²) in [5, 5.41) is 9.40. The van der Waals surface area contributed by atoms with Gasteiger partial charge in [-0.25, -0.2) is 0 Å². The molecule has 0 unspecified atom stereocenters. The smallest absolute Gasteiger partial charge is 0.313 e. The fraction of sp³-hybridized carbons (Fsp3) is 0.417. The maximum absolute atomic E-state index is 11.3.